The average molecular weight is 255 g/mol. The zero-order valence-electron chi connectivity index (χ0n) is 11.9. The SMILES string of the molecule is CC(C)(CCCNC1CCCCCC1)C(N)=NO. The number of amidine groups is 1. The highest BCUT2D eigenvalue weighted by molar-refractivity contribution is 5.85. The molecule has 1 saturated carbocycles. The van der Waals surface area contributed by atoms with Gasteiger partial charge in [-0.05, 0) is 32.2 Å². The molecule has 0 aromatic carbocycles. The number of rotatable bonds is 6. The van der Waals surface area contributed by atoms with E-state index in [9.17, 15) is 0 Å². The summed E-state index contributed by atoms with van der Waals surface area (Å²) < 4.78 is 0. The molecule has 0 heterocycles. The van der Waals surface area contributed by atoms with Crippen LogP contribution in [0, 0.1) is 5.41 Å². The number of nitrogens with two attached hydrogens (primary N) is 1. The third kappa shape index (κ3) is 5.25. The standard InChI is InChI=1S/C14H29N3O/c1-14(2,13(15)17-18)10-7-11-16-12-8-5-3-4-6-9-12/h12,16,18H,3-11H2,1-2H3,(H2,15,17). The van der Waals surface area contributed by atoms with Gasteiger partial charge in [-0.2, -0.15) is 0 Å². The van der Waals surface area contributed by atoms with Gasteiger partial charge in [0.15, 0.2) is 0 Å². The number of nitrogens with zero attached hydrogens (tertiary/aromatic N) is 1. The second-order valence-electron chi connectivity index (χ2n) is 6.12. The van der Waals surface area contributed by atoms with Crippen LogP contribution in [0.2, 0.25) is 0 Å². The molecular weight excluding hydrogens is 226 g/mol. The molecule has 4 heteroatoms. The molecule has 1 rings (SSSR count). The van der Waals surface area contributed by atoms with Crippen LogP contribution in [-0.4, -0.2) is 23.6 Å². The fourth-order valence-corrected chi connectivity index (χ4v) is 2.58. The molecule has 0 aromatic heterocycles. The van der Waals surface area contributed by atoms with Gasteiger partial charge in [-0.15, -0.1) is 0 Å². The maximum Gasteiger partial charge on any atom is 0.144 e. The van der Waals surface area contributed by atoms with Crippen LogP contribution < -0.4 is 11.1 Å². The number of oxime groups is 1. The lowest BCUT2D eigenvalue weighted by atomic mass is 9.86. The number of hydrogen-bond acceptors (Lipinski definition) is 3. The Morgan fingerprint density at radius 3 is 2.44 bits per heavy atom. The smallest absolute Gasteiger partial charge is 0.144 e. The molecule has 0 aromatic rings. The highest BCUT2D eigenvalue weighted by Crippen LogP contribution is 2.22. The van der Waals surface area contributed by atoms with Crippen molar-refractivity contribution in [3.8, 4) is 0 Å². The third-order valence-corrected chi connectivity index (χ3v) is 4.07. The molecule has 0 atom stereocenters. The Bertz CT molecular complexity index is 256. The summed E-state index contributed by atoms with van der Waals surface area (Å²) in [5.74, 6) is 0.331. The minimum Gasteiger partial charge on any atom is -0.409 e. The van der Waals surface area contributed by atoms with Crippen LogP contribution in [0.5, 0.6) is 0 Å². The van der Waals surface area contributed by atoms with E-state index in [1.54, 1.807) is 0 Å². The Kier molecular flexibility index (Phi) is 6.47. The molecule has 4 nitrogen and oxygen atoms in total. The van der Waals surface area contributed by atoms with Crippen molar-refractivity contribution in [3.05, 3.63) is 0 Å². The molecule has 1 fully saturated rings. The van der Waals surface area contributed by atoms with Crippen molar-refractivity contribution in [2.24, 2.45) is 16.3 Å². The number of nitrogens with one attached hydrogen (secondary N) is 1. The lowest BCUT2D eigenvalue weighted by Crippen LogP contribution is -2.34. The van der Waals surface area contributed by atoms with Crippen LogP contribution in [0.25, 0.3) is 0 Å². The summed E-state index contributed by atoms with van der Waals surface area (Å²) in [4.78, 5) is 0. The maximum absolute atomic E-state index is 8.71. The van der Waals surface area contributed by atoms with Crippen molar-refractivity contribution in [2.75, 3.05) is 6.54 Å². The summed E-state index contributed by atoms with van der Waals surface area (Å²) in [5, 5.41) is 15.5. The van der Waals surface area contributed by atoms with Crippen molar-refractivity contribution < 1.29 is 5.21 Å². The first-order valence-electron chi connectivity index (χ1n) is 7.27. The van der Waals surface area contributed by atoms with E-state index in [-0.39, 0.29) is 5.41 Å². The van der Waals surface area contributed by atoms with Crippen molar-refractivity contribution >= 4 is 5.84 Å². The molecule has 4 N–H and O–H groups in total. The van der Waals surface area contributed by atoms with E-state index in [0.717, 1.165) is 19.4 Å². The van der Waals surface area contributed by atoms with Gasteiger partial charge in [0.05, 0.1) is 0 Å². The molecule has 0 saturated heterocycles. The van der Waals surface area contributed by atoms with E-state index in [0.29, 0.717) is 11.9 Å². The lowest BCUT2D eigenvalue weighted by Gasteiger charge is -2.23. The van der Waals surface area contributed by atoms with E-state index in [4.69, 9.17) is 10.9 Å². The second kappa shape index (κ2) is 7.62. The Balaban J connectivity index is 2.17. The third-order valence-electron chi connectivity index (χ3n) is 4.07. The summed E-state index contributed by atoms with van der Waals surface area (Å²) in [7, 11) is 0. The molecule has 0 spiro atoms. The van der Waals surface area contributed by atoms with Crippen LogP contribution in [0.1, 0.15) is 65.2 Å². The van der Waals surface area contributed by atoms with Gasteiger partial charge >= 0.3 is 0 Å². The maximum atomic E-state index is 8.71. The fourth-order valence-electron chi connectivity index (χ4n) is 2.58. The quantitative estimate of drug-likeness (QED) is 0.171. The van der Waals surface area contributed by atoms with Gasteiger partial charge in [0, 0.05) is 11.5 Å². The minimum absolute atomic E-state index is 0.208. The summed E-state index contributed by atoms with van der Waals surface area (Å²) in [6.07, 6.45) is 10.2. The molecular formula is C14H29N3O. The predicted octanol–water partition coefficient (Wildman–Crippen LogP) is 2.85. The molecule has 106 valence electrons. The summed E-state index contributed by atoms with van der Waals surface area (Å²) >= 11 is 0. The van der Waals surface area contributed by atoms with E-state index in [1.165, 1.54) is 38.5 Å². The average Bonchev–Trinajstić information content (AvgIpc) is 2.62. The van der Waals surface area contributed by atoms with E-state index < -0.39 is 0 Å². The molecule has 0 unspecified atom stereocenters. The molecule has 1 aliphatic carbocycles. The first-order chi connectivity index (χ1) is 8.56. The molecule has 18 heavy (non-hydrogen) atoms. The molecule has 0 aliphatic heterocycles. The highest BCUT2D eigenvalue weighted by Gasteiger charge is 2.23. The van der Waals surface area contributed by atoms with Crippen LogP contribution in [0.15, 0.2) is 5.16 Å². The van der Waals surface area contributed by atoms with E-state index >= 15 is 0 Å². The van der Waals surface area contributed by atoms with Gasteiger partial charge in [-0.3, -0.25) is 0 Å². The highest BCUT2D eigenvalue weighted by atomic mass is 16.4. The first kappa shape index (κ1) is 15.3. The van der Waals surface area contributed by atoms with Crippen LogP contribution in [0.3, 0.4) is 0 Å². The second-order valence-corrected chi connectivity index (χ2v) is 6.12. The minimum atomic E-state index is -0.208. The number of hydrogen-bond donors (Lipinski definition) is 3. The van der Waals surface area contributed by atoms with Gasteiger partial charge in [0.1, 0.15) is 5.84 Å². The Hall–Kier alpha value is -0.770. The van der Waals surface area contributed by atoms with Crippen LogP contribution in [0.4, 0.5) is 0 Å². The zero-order valence-corrected chi connectivity index (χ0v) is 11.9. The molecule has 0 radical (unpaired) electrons. The van der Waals surface area contributed by atoms with Gasteiger partial charge < -0.3 is 16.3 Å². The van der Waals surface area contributed by atoms with Crippen LogP contribution in [-0.2, 0) is 0 Å². The molecule has 0 amide bonds. The van der Waals surface area contributed by atoms with Crippen molar-refractivity contribution in [1.29, 1.82) is 0 Å². The van der Waals surface area contributed by atoms with E-state index in [2.05, 4.69) is 10.5 Å². The molecule has 0 bridgehead atoms. The molecule has 1 aliphatic rings. The monoisotopic (exact) mass is 255 g/mol. The Morgan fingerprint density at radius 2 is 1.89 bits per heavy atom. The van der Waals surface area contributed by atoms with Gasteiger partial charge in [-0.1, -0.05) is 44.7 Å². The summed E-state index contributed by atoms with van der Waals surface area (Å²) in [6, 6.07) is 0.708. The van der Waals surface area contributed by atoms with Gasteiger partial charge in [-0.25, -0.2) is 0 Å². The van der Waals surface area contributed by atoms with Gasteiger partial charge in [0.25, 0.3) is 0 Å². The Morgan fingerprint density at radius 1 is 1.28 bits per heavy atom. The van der Waals surface area contributed by atoms with Crippen molar-refractivity contribution in [2.45, 2.75) is 71.3 Å². The largest absolute Gasteiger partial charge is 0.409 e. The van der Waals surface area contributed by atoms with Crippen molar-refractivity contribution in [3.63, 3.8) is 0 Å². The normalized spacial score (nSPS) is 19.8. The summed E-state index contributed by atoms with van der Waals surface area (Å²) in [5.41, 5.74) is 5.47. The topological polar surface area (TPSA) is 70.6 Å². The fraction of sp³-hybridized carbons (Fsp3) is 0.929. The lowest BCUT2D eigenvalue weighted by molar-refractivity contribution is 0.304. The predicted molar refractivity (Wildman–Crippen MR) is 75.9 cm³/mol. The summed E-state index contributed by atoms with van der Waals surface area (Å²) in [6.45, 7) is 5.08. The first-order valence-corrected chi connectivity index (χ1v) is 7.27. The van der Waals surface area contributed by atoms with Crippen molar-refractivity contribution in [1.82, 2.24) is 5.32 Å². The van der Waals surface area contributed by atoms with E-state index in [1.807, 2.05) is 13.8 Å². The van der Waals surface area contributed by atoms with Crippen LogP contribution >= 0.6 is 0 Å². The van der Waals surface area contributed by atoms with Gasteiger partial charge in [0.2, 0.25) is 0 Å². The Labute approximate surface area is 111 Å². The zero-order chi connectivity index (χ0) is 13.4.